The average Bonchev–Trinajstić information content (AvgIpc) is 1.68. The molecule has 0 bridgehead atoms. The molecule has 4 nitrogen and oxygen atoms in total. The molecule has 0 fully saturated rings. The molecule has 0 radical (unpaired) electrons. The van der Waals surface area contributed by atoms with Gasteiger partial charge in [-0.25, -0.2) is 9.48 Å². The highest BCUT2D eigenvalue weighted by Gasteiger charge is 2.36. The number of aryl methyl sites for hydroxylation is 12. The van der Waals surface area contributed by atoms with Gasteiger partial charge in [-0.3, -0.25) is 0 Å². The smallest absolute Gasteiger partial charge is 0.244 e. The molecule has 6 unspecified atom stereocenters. The summed E-state index contributed by atoms with van der Waals surface area (Å²) in [5.41, 5.74) is 42.6. The zero-order valence-electron chi connectivity index (χ0n) is 69.4. The van der Waals surface area contributed by atoms with Gasteiger partial charge in [0.1, 0.15) is 24.5 Å². The highest BCUT2D eigenvalue weighted by molar-refractivity contribution is 5.84. The molecule has 0 spiro atoms. The summed E-state index contributed by atoms with van der Waals surface area (Å²) >= 11 is 0. The van der Waals surface area contributed by atoms with Gasteiger partial charge in [0, 0.05) is 94.1 Å². The van der Waals surface area contributed by atoms with E-state index in [1.165, 1.54) is 179 Å². The normalized spacial score (nSPS) is 14.2. The maximum Gasteiger partial charge on any atom is 0.244 e. The monoisotopic (exact) mass is 1470 g/mol. The molecule has 5 heteroatoms. The first kappa shape index (κ1) is 81.0. The van der Waals surface area contributed by atoms with Crippen LogP contribution in [0.5, 0.6) is 0 Å². The van der Waals surface area contributed by atoms with Gasteiger partial charge in [-0.2, -0.15) is 0 Å². The molecule has 1 heterocycles. The van der Waals surface area contributed by atoms with E-state index in [2.05, 4.69) is 408 Å². The van der Waals surface area contributed by atoms with Crippen molar-refractivity contribution in [3.05, 3.63) is 398 Å². The van der Waals surface area contributed by atoms with Crippen molar-refractivity contribution in [3.63, 3.8) is 0 Å². The Labute approximate surface area is 667 Å². The van der Waals surface area contributed by atoms with Crippen LogP contribution in [0, 0.1) is 83.1 Å². The van der Waals surface area contributed by atoms with Gasteiger partial charge >= 0.3 is 0 Å². The van der Waals surface area contributed by atoms with E-state index in [-0.39, 0.29) is 59.8 Å². The molecule has 1 aliphatic rings. The molecule has 2 N–H and O–H groups in total. The second-order valence-electron chi connectivity index (χ2n) is 32.7. The number of benzene rings is 12. The van der Waals surface area contributed by atoms with Crippen molar-refractivity contribution in [1.82, 2.24) is 0 Å². The molecule has 0 aliphatic carbocycles. The molecule has 12 aromatic carbocycles. The van der Waals surface area contributed by atoms with E-state index in [4.69, 9.17) is 0 Å². The molecule has 110 heavy (non-hydrogen) atoms. The summed E-state index contributed by atoms with van der Waals surface area (Å²) in [5, 5.41) is 8.07. The number of hydrogen-bond acceptors (Lipinski definition) is 3. The molecule has 566 valence electrons. The number of hydrogen-bond donors (Lipinski definition) is 2. The Morgan fingerprint density at radius 1 is 0.264 bits per heavy atom. The van der Waals surface area contributed by atoms with Gasteiger partial charge < -0.3 is 23.0 Å². The topological polar surface area (TPSA) is 30.3 Å². The van der Waals surface area contributed by atoms with Crippen molar-refractivity contribution in [1.29, 1.82) is 0 Å². The molecule has 0 amide bonds. The summed E-state index contributed by atoms with van der Waals surface area (Å²) < 4.78 is 2.59. The van der Waals surface area contributed by atoms with Crippen molar-refractivity contribution in [2.75, 3.05) is 41.7 Å². The summed E-state index contributed by atoms with van der Waals surface area (Å²) in [4.78, 5) is 2.59. The van der Waals surface area contributed by atoms with E-state index in [1.807, 2.05) is 0 Å². The minimum Gasteiger partial charge on any atom is -1.00 e. The molecule has 1 aliphatic heterocycles. The highest BCUT2D eigenvalue weighted by atomic mass is 35.5. The Bertz CT molecular complexity index is 4810. The third-order valence-corrected chi connectivity index (χ3v) is 23.5. The Hall–Kier alpha value is -10.0. The van der Waals surface area contributed by atoms with Gasteiger partial charge in [0.15, 0.2) is 0 Å². The zero-order valence-corrected chi connectivity index (χ0v) is 70.1. The first-order valence-electron chi connectivity index (χ1n) is 40.2. The van der Waals surface area contributed by atoms with Crippen LogP contribution in [0.3, 0.4) is 0 Å². The Kier molecular flexibility index (Phi) is 26.4. The lowest BCUT2D eigenvalue weighted by atomic mass is 9.83. The minimum atomic E-state index is 0. The first-order chi connectivity index (χ1) is 52.3. The fourth-order valence-electron chi connectivity index (χ4n) is 17.3. The summed E-state index contributed by atoms with van der Waals surface area (Å²) in [6, 6.07) is 91.8. The fraction of sp³-hybridized carbons (Fsp3) is 0.305. The second kappa shape index (κ2) is 35.8. The maximum atomic E-state index is 4.03. The van der Waals surface area contributed by atoms with Gasteiger partial charge in [-0.15, -0.1) is 0 Å². The highest BCUT2D eigenvalue weighted by Crippen LogP contribution is 2.47. The van der Waals surface area contributed by atoms with Crippen LogP contribution in [0.2, 0.25) is 0 Å². The Morgan fingerprint density at radius 2 is 0.464 bits per heavy atom. The number of halogens is 1. The van der Waals surface area contributed by atoms with Crippen molar-refractivity contribution in [2.45, 2.75) is 186 Å². The standard InChI is InChI=1S/C53H59N2.C52H60N2.ClH/c1-34-15-11-19-44(25-34)40(7)48-29-38(5)30-49(41(8)45-20-12-16-35(2)26-45)52(48)54-23-24-55(33-54)53-50(42(9)46-21-13-17-36(3)27-46)31-39(6)32-51(53)43(10)47-22-14-18-37(4)28-47;1-33-15-11-19-43(25-33)39(7)47-29-37(5)30-48(40(8)44-20-12-16-34(2)26-44)51(47)53-23-24-54-52-49(41(9)45-21-13-17-35(3)27-45)31-38(6)32-50(52)42(10)46-22-14-18-36(4)28-46;/h11-22,25-33,40-43H,23-24H2,1-10H3;11-22,25-32,39-42,53-54H,23-24H2,1-10H3;1H/q+1;;/p-1/t40-,41?,42?,43?;39-,40?,41?,42?;/m00./s1. The number of nitrogens with zero attached hydrogens (tertiary/aromatic N) is 2. The van der Waals surface area contributed by atoms with Crippen LogP contribution in [-0.2, 0) is 0 Å². The third-order valence-electron chi connectivity index (χ3n) is 23.5. The summed E-state index contributed by atoms with van der Waals surface area (Å²) in [5.74, 6) is 1.88. The van der Waals surface area contributed by atoms with Gasteiger partial charge in [0.2, 0.25) is 6.34 Å². The first-order valence-corrected chi connectivity index (χ1v) is 40.2. The average molecular weight is 1470 g/mol. The molecule has 8 atom stereocenters. The van der Waals surface area contributed by atoms with E-state index >= 15 is 0 Å². The predicted molar refractivity (Wildman–Crippen MR) is 469 cm³/mol. The summed E-state index contributed by atoms with van der Waals surface area (Å²) in [6.45, 7) is 49.0. The predicted octanol–water partition coefficient (Wildman–Crippen LogP) is 24.0. The van der Waals surface area contributed by atoms with Gasteiger partial charge in [0.25, 0.3) is 0 Å². The molecule has 13 rings (SSSR count). The molecule has 0 aromatic heterocycles. The fourth-order valence-corrected chi connectivity index (χ4v) is 17.3. The van der Waals surface area contributed by atoms with E-state index in [9.17, 15) is 0 Å². The molecule has 0 saturated heterocycles. The quantitative estimate of drug-likeness (QED) is 0.0494. The van der Waals surface area contributed by atoms with Crippen LogP contribution < -0.4 is 27.9 Å². The number of anilines is 3. The molecular formula is C105H119ClN4. The molecular weight excluding hydrogens is 1350 g/mol. The van der Waals surface area contributed by atoms with Crippen molar-refractivity contribution in [3.8, 4) is 0 Å². The Morgan fingerprint density at radius 3 is 0.691 bits per heavy atom. The van der Waals surface area contributed by atoms with Crippen molar-refractivity contribution < 1.29 is 17.0 Å². The van der Waals surface area contributed by atoms with Gasteiger partial charge in [-0.05, 0) is 150 Å². The van der Waals surface area contributed by atoms with E-state index in [0.29, 0.717) is 0 Å². The lowest BCUT2D eigenvalue weighted by molar-refractivity contribution is -0.425. The zero-order chi connectivity index (χ0) is 77.5. The van der Waals surface area contributed by atoms with Crippen LogP contribution >= 0.6 is 0 Å². The third kappa shape index (κ3) is 18.7. The second-order valence-corrected chi connectivity index (χ2v) is 32.7. The van der Waals surface area contributed by atoms with Crippen LogP contribution in [0.1, 0.15) is 259 Å². The van der Waals surface area contributed by atoms with Gasteiger partial charge in [0.05, 0.1) is 0 Å². The number of rotatable bonds is 23. The maximum absolute atomic E-state index is 4.03. The minimum absolute atomic E-state index is 0. The van der Waals surface area contributed by atoms with E-state index in [0.717, 1.165) is 26.2 Å². The number of nitrogens with one attached hydrogen (secondary N) is 2. The lowest BCUT2D eigenvalue weighted by Gasteiger charge is -2.27. The van der Waals surface area contributed by atoms with Crippen LogP contribution in [-0.4, -0.2) is 37.1 Å². The molecule has 0 saturated carbocycles. The lowest BCUT2D eigenvalue weighted by Crippen LogP contribution is -3.00. The summed E-state index contributed by atoms with van der Waals surface area (Å²) in [6.07, 6.45) is 2.45. The van der Waals surface area contributed by atoms with E-state index < -0.39 is 0 Å². The van der Waals surface area contributed by atoms with Gasteiger partial charge in [-0.1, -0.05) is 365 Å². The van der Waals surface area contributed by atoms with Crippen molar-refractivity contribution >= 4 is 29.1 Å². The van der Waals surface area contributed by atoms with E-state index in [1.54, 1.807) is 0 Å². The van der Waals surface area contributed by atoms with Crippen molar-refractivity contribution in [2.24, 2.45) is 0 Å². The summed E-state index contributed by atoms with van der Waals surface area (Å²) in [7, 11) is 0. The van der Waals surface area contributed by atoms with Crippen LogP contribution in [0.25, 0.3) is 0 Å². The van der Waals surface area contributed by atoms with Crippen LogP contribution in [0.15, 0.2) is 243 Å². The SMILES string of the molecule is Cc1cccc(C(C)c2cc(C)cc(C(C)c3cccc(C)c3)c2NCCNc2c(C(C)c3cccc(C)c3)cc(C)cc2[C@@H](C)c2cccc(C)c2)c1.Cc1cccc(C(C)c2cc(C)cc([C@@H](C)c3cccc(C)c3)c2N2C=[N+](c3c(C(C)c4cccc(C)c4)cc(C)cc3C(C)c3cccc(C)c3)CC2)c1.[Cl-]. The Balaban J connectivity index is 0.000000216. The molecule has 12 aromatic rings. The van der Waals surface area contributed by atoms with Crippen LogP contribution in [0.4, 0.5) is 22.7 Å². The largest absolute Gasteiger partial charge is 1.00 e.